The zero-order chi connectivity index (χ0) is 15.9. The fourth-order valence-corrected chi connectivity index (χ4v) is 2.71. The number of ether oxygens (including phenoxy) is 1. The number of rotatable bonds is 3. The summed E-state index contributed by atoms with van der Waals surface area (Å²) >= 11 is 0. The topological polar surface area (TPSA) is 97.7 Å². The number of aromatic amines is 1. The SMILES string of the molecule is Cc1nnc(CNC(=O)c2n[nH]c3c2C[C@@H](C)O[C@H]3C)n1C. The Kier molecular flexibility index (Phi) is 3.69. The number of aryl methyl sites for hydroxylation is 1. The third kappa shape index (κ3) is 2.50. The molecule has 0 aliphatic carbocycles. The molecule has 0 unspecified atom stereocenters. The maximum Gasteiger partial charge on any atom is 0.272 e. The molecule has 8 nitrogen and oxygen atoms in total. The van der Waals surface area contributed by atoms with Gasteiger partial charge >= 0.3 is 0 Å². The van der Waals surface area contributed by atoms with E-state index in [0.29, 0.717) is 24.5 Å². The van der Waals surface area contributed by atoms with Crippen LogP contribution < -0.4 is 5.32 Å². The summed E-state index contributed by atoms with van der Waals surface area (Å²) in [6.07, 6.45) is 0.685. The van der Waals surface area contributed by atoms with Gasteiger partial charge < -0.3 is 14.6 Å². The molecule has 3 rings (SSSR count). The molecule has 22 heavy (non-hydrogen) atoms. The van der Waals surface area contributed by atoms with Crippen molar-refractivity contribution in [3.63, 3.8) is 0 Å². The molecular formula is C14H20N6O2. The molecule has 0 spiro atoms. The lowest BCUT2D eigenvalue weighted by molar-refractivity contribution is -0.00697. The molecule has 2 atom stereocenters. The fourth-order valence-electron chi connectivity index (χ4n) is 2.71. The smallest absolute Gasteiger partial charge is 0.272 e. The quantitative estimate of drug-likeness (QED) is 0.874. The van der Waals surface area contributed by atoms with Crippen molar-refractivity contribution in [2.24, 2.45) is 7.05 Å². The molecule has 118 valence electrons. The largest absolute Gasteiger partial charge is 0.369 e. The Balaban J connectivity index is 1.75. The van der Waals surface area contributed by atoms with E-state index in [1.165, 1.54) is 0 Å². The van der Waals surface area contributed by atoms with E-state index in [1.54, 1.807) is 0 Å². The molecule has 0 saturated carbocycles. The summed E-state index contributed by atoms with van der Waals surface area (Å²) in [6, 6.07) is 0. The number of carbonyl (C=O) groups excluding carboxylic acids is 1. The van der Waals surface area contributed by atoms with Gasteiger partial charge in [0.15, 0.2) is 11.5 Å². The van der Waals surface area contributed by atoms with E-state index in [2.05, 4.69) is 25.7 Å². The standard InChI is InChI=1S/C14H20N6O2/c1-7-5-10-12(8(2)22-7)18-19-13(10)14(21)15-6-11-17-16-9(3)20(11)4/h7-8H,5-6H2,1-4H3,(H,15,21)(H,18,19)/t7-,8+/m1/s1. The van der Waals surface area contributed by atoms with E-state index < -0.39 is 0 Å². The number of hydrogen-bond donors (Lipinski definition) is 2. The van der Waals surface area contributed by atoms with Gasteiger partial charge in [-0.3, -0.25) is 9.89 Å². The molecular weight excluding hydrogens is 284 g/mol. The highest BCUT2D eigenvalue weighted by molar-refractivity contribution is 5.94. The van der Waals surface area contributed by atoms with Crippen LogP contribution in [-0.2, 0) is 24.8 Å². The summed E-state index contributed by atoms with van der Waals surface area (Å²) in [6.45, 7) is 6.14. The summed E-state index contributed by atoms with van der Waals surface area (Å²) in [5.41, 5.74) is 2.27. The molecule has 0 aromatic carbocycles. The summed E-state index contributed by atoms with van der Waals surface area (Å²) < 4.78 is 7.57. The molecule has 2 aromatic heterocycles. The van der Waals surface area contributed by atoms with E-state index in [9.17, 15) is 4.79 Å². The Morgan fingerprint density at radius 2 is 2.23 bits per heavy atom. The van der Waals surface area contributed by atoms with E-state index in [1.807, 2.05) is 32.4 Å². The minimum atomic E-state index is -0.209. The lowest BCUT2D eigenvalue weighted by atomic mass is 9.99. The Bertz CT molecular complexity index is 704. The molecule has 0 saturated heterocycles. The molecule has 2 N–H and O–H groups in total. The van der Waals surface area contributed by atoms with E-state index in [4.69, 9.17) is 4.74 Å². The van der Waals surface area contributed by atoms with Gasteiger partial charge in [0.2, 0.25) is 0 Å². The number of hydrogen-bond acceptors (Lipinski definition) is 5. The summed E-state index contributed by atoms with van der Waals surface area (Å²) in [7, 11) is 1.87. The molecule has 2 aromatic rings. The second kappa shape index (κ2) is 5.53. The van der Waals surface area contributed by atoms with Crippen molar-refractivity contribution in [3.8, 4) is 0 Å². The van der Waals surface area contributed by atoms with Crippen LogP contribution in [0.5, 0.6) is 0 Å². The predicted molar refractivity (Wildman–Crippen MR) is 78.2 cm³/mol. The fraction of sp³-hybridized carbons (Fsp3) is 0.571. The first-order chi connectivity index (χ1) is 10.5. The highest BCUT2D eigenvalue weighted by atomic mass is 16.5. The summed E-state index contributed by atoms with van der Waals surface area (Å²) in [5, 5.41) is 17.9. The van der Waals surface area contributed by atoms with Crippen LogP contribution in [0.3, 0.4) is 0 Å². The van der Waals surface area contributed by atoms with Gasteiger partial charge in [0.1, 0.15) is 5.82 Å². The first-order valence-electron chi connectivity index (χ1n) is 7.33. The molecule has 1 aliphatic heterocycles. The molecule has 0 fully saturated rings. The third-order valence-corrected chi connectivity index (χ3v) is 4.04. The summed E-state index contributed by atoms with van der Waals surface area (Å²) in [5.74, 6) is 1.31. The number of aromatic nitrogens is 5. The normalized spacial score (nSPS) is 20.7. The maximum atomic E-state index is 12.4. The van der Waals surface area contributed by atoms with Crippen molar-refractivity contribution < 1.29 is 9.53 Å². The second-order valence-electron chi connectivity index (χ2n) is 5.66. The average molecular weight is 304 g/mol. The van der Waals surface area contributed by atoms with Gasteiger partial charge in [0.05, 0.1) is 24.4 Å². The van der Waals surface area contributed by atoms with Gasteiger partial charge in [0, 0.05) is 19.0 Å². The van der Waals surface area contributed by atoms with Crippen LogP contribution in [0.25, 0.3) is 0 Å². The third-order valence-electron chi connectivity index (χ3n) is 4.04. The zero-order valence-corrected chi connectivity index (χ0v) is 13.2. The van der Waals surface area contributed by atoms with Crippen molar-refractivity contribution in [1.82, 2.24) is 30.3 Å². The predicted octanol–water partition coefficient (Wildman–Crippen LogP) is 0.799. The van der Waals surface area contributed by atoms with Crippen LogP contribution in [0.15, 0.2) is 0 Å². The minimum Gasteiger partial charge on any atom is -0.369 e. The van der Waals surface area contributed by atoms with Gasteiger partial charge in [-0.2, -0.15) is 5.10 Å². The molecule has 1 amide bonds. The maximum absolute atomic E-state index is 12.4. The first-order valence-corrected chi connectivity index (χ1v) is 7.33. The van der Waals surface area contributed by atoms with Gasteiger partial charge in [0.25, 0.3) is 5.91 Å². The lowest BCUT2D eigenvalue weighted by Gasteiger charge is -2.25. The Morgan fingerprint density at radius 1 is 1.45 bits per heavy atom. The zero-order valence-electron chi connectivity index (χ0n) is 13.2. The molecule has 8 heteroatoms. The van der Waals surface area contributed by atoms with Crippen LogP contribution in [0.1, 0.15) is 53.3 Å². The lowest BCUT2D eigenvalue weighted by Crippen LogP contribution is -2.28. The van der Waals surface area contributed by atoms with Crippen molar-refractivity contribution in [2.45, 2.75) is 45.9 Å². The van der Waals surface area contributed by atoms with Crippen molar-refractivity contribution in [2.75, 3.05) is 0 Å². The highest BCUT2D eigenvalue weighted by Crippen LogP contribution is 2.29. The van der Waals surface area contributed by atoms with Crippen molar-refractivity contribution >= 4 is 5.91 Å². The monoisotopic (exact) mass is 304 g/mol. The van der Waals surface area contributed by atoms with Crippen molar-refractivity contribution in [3.05, 3.63) is 28.6 Å². The molecule has 3 heterocycles. The number of nitrogens with one attached hydrogen (secondary N) is 2. The number of nitrogens with zero attached hydrogens (tertiary/aromatic N) is 4. The molecule has 1 aliphatic rings. The van der Waals surface area contributed by atoms with Crippen LogP contribution in [0.2, 0.25) is 0 Å². The molecule has 0 radical (unpaired) electrons. The second-order valence-corrected chi connectivity index (χ2v) is 5.66. The van der Waals surface area contributed by atoms with E-state index >= 15 is 0 Å². The van der Waals surface area contributed by atoms with E-state index in [-0.39, 0.29) is 18.1 Å². The van der Waals surface area contributed by atoms with Crippen LogP contribution >= 0.6 is 0 Å². The van der Waals surface area contributed by atoms with Crippen LogP contribution in [0, 0.1) is 6.92 Å². The van der Waals surface area contributed by atoms with Crippen molar-refractivity contribution in [1.29, 1.82) is 0 Å². The minimum absolute atomic E-state index is 0.0748. The van der Waals surface area contributed by atoms with E-state index in [0.717, 1.165) is 17.1 Å². The Morgan fingerprint density at radius 3 is 2.91 bits per heavy atom. The van der Waals surface area contributed by atoms with Gasteiger partial charge in [-0.1, -0.05) is 0 Å². The first kappa shape index (κ1) is 14.7. The number of amides is 1. The molecule has 0 bridgehead atoms. The average Bonchev–Trinajstić information content (AvgIpc) is 3.02. The van der Waals surface area contributed by atoms with Crippen LogP contribution in [-0.4, -0.2) is 37.0 Å². The highest BCUT2D eigenvalue weighted by Gasteiger charge is 2.29. The number of carbonyl (C=O) groups is 1. The number of H-pyrrole nitrogens is 1. The number of fused-ring (bicyclic) bond motifs is 1. The Labute approximate surface area is 128 Å². The summed E-state index contributed by atoms with van der Waals surface area (Å²) in [4.78, 5) is 12.4. The van der Waals surface area contributed by atoms with Gasteiger partial charge in [-0.05, 0) is 20.8 Å². The van der Waals surface area contributed by atoms with Crippen LogP contribution in [0.4, 0.5) is 0 Å². The Hall–Kier alpha value is -2.22. The van der Waals surface area contributed by atoms with Gasteiger partial charge in [-0.25, -0.2) is 0 Å². The van der Waals surface area contributed by atoms with Gasteiger partial charge in [-0.15, -0.1) is 10.2 Å².